The summed E-state index contributed by atoms with van der Waals surface area (Å²) < 4.78 is 1.88. The van der Waals surface area contributed by atoms with Crippen molar-refractivity contribution >= 4 is 5.91 Å². The molecule has 5 heteroatoms. The summed E-state index contributed by atoms with van der Waals surface area (Å²) in [5.74, 6) is 0.885. The highest BCUT2D eigenvalue weighted by molar-refractivity contribution is 5.95. The van der Waals surface area contributed by atoms with Gasteiger partial charge in [0.25, 0.3) is 5.91 Å². The Balaban J connectivity index is 2.70. The van der Waals surface area contributed by atoms with Crippen LogP contribution in [0.2, 0.25) is 0 Å². The molecular formula is C16H29N3O2. The lowest BCUT2D eigenvalue weighted by Crippen LogP contribution is -2.38. The van der Waals surface area contributed by atoms with Crippen molar-refractivity contribution in [1.82, 2.24) is 15.1 Å². The lowest BCUT2D eigenvalue weighted by molar-refractivity contribution is 0.0907. The average molecular weight is 295 g/mol. The molecule has 120 valence electrons. The first-order valence-corrected chi connectivity index (χ1v) is 7.79. The molecule has 1 atom stereocenters. The molecule has 5 nitrogen and oxygen atoms in total. The number of nitrogens with zero attached hydrogens (tertiary/aromatic N) is 2. The van der Waals surface area contributed by atoms with Gasteiger partial charge in [0.15, 0.2) is 0 Å². The van der Waals surface area contributed by atoms with Crippen LogP contribution in [0.15, 0.2) is 6.20 Å². The molecule has 0 radical (unpaired) electrons. The monoisotopic (exact) mass is 295 g/mol. The van der Waals surface area contributed by atoms with Crippen LogP contribution >= 0.6 is 0 Å². The van der Waals surface area contributed by atoms with E-state index in [1.165, 1.54) is 0 Å². The largest absolute Gasteiger partial charge is 0.394 e. The molecule has 1 heterocycles. The Morgan fingerprint density at radius 2 is 2.00 bits per heavy atom. The van der Waals surface area contributed by atoms with Crippen LogP contribution in [-0.4, -0.2) is 33.4 Å². The van der Waals surface area contributed by atoms with E-state index in [1.807, 2.05) is 11.6 Å². The fraction of sp³-hybridized carbons (Fsp3) is 0.750. The first-order valence-electron chi connectivity index (χ1n) is 7.79. The highest BCUT2D eigenvalue weighted by Crippen LogP contribution is 2.11. The van der Waals surface area contributed by atoms with Crippen molar-refractivity contribution in [3.63, 3.8) is 0 Å². The minimum Gasteiger partial charge on any atom is -0.394 e. The molecule has 21 heavy (non-hydrogen) atoms. The number of aromatic nitrogens is 2. The molecule has 0 saturated carbocycles. The molecule has 0 spiro atoms. The van der Waals surface area contributed by atoms with E-state index in [0.29, 0.717) is 17.4 Å². The summed E-state index contributed by atoms with van der Waals surface area (Å²) in [4.78, 5) is 12.3. The van der Waals surface area contributed by atoms with Crippen molar-refractivity contribution < 1.29 is 9.90 Å². The smallest absolute Gasteiger partial charge is 0.255 e. The zero-order valence-corrected chi connectivity index (χ0v) is 13.9. The summed E-state index contributed by atoms with van der Waals surface area (Å²) in [6.45, 7) is 11.2. The predicted molar refractivity (Wildman–Crippen MR) is 84.2 cm³/mol. The van der Waals surface area contributed by atoms with Crippen LogP contribution in [0.25, 0.3) is 0 Å². The van der Waals surface area contributed by atoms with Gasteiger partial charge in [0.05, 0.1) is 24.4 Å². The third kappa shape index (κ3) is 5.50. The van der Waals surface area contributed by atoms with Gasteiger partial charge in [-0.15, -0.1) is 0 Å². The van der Waals surface area contributed by atoms with Gasteiger partial charge in [0.2, 0.25) is 0 Å². The SMILES string of the molecule is Cc1c(C(=O)NC(CO)CC(C)C)cnn1CCC(C)C. The van der Waals surface area contributed by atoms with Crippen LogP contribution in [-0.2, 0) is 6.54 Å². The van der Waals surface area contributed by atoms with Gasteiger partial charge in [-0.3, -0.25) is 9.48 Å². The molecule has 1 amide bonds. The summed E-state index contributed by atoms with van der Waals surface area (Å²) in [7, 11) is 0. The van der Waals surface area contributed by atoms with Crippen LogP contribution in [0, 0.1) is 18.8 Å². The normalized spacial score (nSPS) is 13.0. The van der Waals surface area contributed by atoms with Crippen LogP contribution < -0.4 is 5.32 Å². The van der Waals surface area contributed by atoms with Crippen molar-refractivity contribution in [3.8, 4) is 0 Å². The maximum atomic E-state index is 12.3. The van der Waals surface area contributed by atoms with Gasteiger partial charge in [-0.2, -0.15) is 5.10 Å². The predicted octanol–water partition coefficient (Wildman–Crippen LogP) is 2.37. The zero-order chi connectivity index (χ0) is 16.0. The fourth-order valence-corrected chi connectivity index (χ4v) is 2.29. The Morgan fingerprint density at radius 3 is 2.52 bits per heavy atom. The quantitative estimate of drug-likeness (QED) is 0.773. The third-order valence-electron chi connectivity index (χ3n) is 3.58. The maximum Gasteiger partial charge on any atom is 0.255 e. The van der Waals surface area contributed by atoms with Gasteiger partial charge in [-0.1, -0.05) is 27.7 Å². The highest BCUT2D eigenvalue weighted by Gasteiger charge is 2.18. The number of nitrogens with one attached hydrogen (secondary N) is 1. The van der Waals surface area contributed by atoms with E-state index in [2.05, 4.69) is 38.1 Å². The van der Waals surface area contributed by atoms with E-state index >= 15 is 0 Å². The molecule has 0 aliphatic heterocycles. The molecule has 0 bridgehead atoms. The Labute approximate surface area is 127 Å². The van der Waals surface area contributed by atoms with E-state index in [1.54, 1.807) is 6.20 Å². The van der Waals surface area contributed by atoms with Gasteiger partial charge in [-0.05, 0) is 31.6 Å². The minimum atomic E-state index is -0.198. The van der Waals surface area contributed by atoms with Crippen LogP contribution in [0.1, 0.15) is 56.6 Å². The number of hydrogen-bond acceptors (Lipinski definition) is 3. The molecule has 0 fully saturated rings. The average Bonchev–Trinajstić information content (AvgIpc) is 2.76. The Kier molecular flexibility index (Phi) is 6.89. The number of aliphatic hydroxyl groups is 1. The number of hydrogen-bond donors (Lipinski definition) is 2. The maximum absolute atomic E-state index is 12.3. The fourth-order valence-electron chi connectivity index (χ4n) is 2.29. The van der Waals surface area contributed by atoms with Crippen molar-refractivity contribution in [2.75, 3.05) is 6.61 Å². The molecule has 1 aromatic heterocycles. The lowest BCUT2D eigenvalue weighted by Gasteiger charge is -2.18. The second-order valence-electron chi connectivity index (χ2n) is 6.53. The molecule has 0 aromatic carbocycles. The number of aryl methyl sites for hydroxylation is 1. The molecule has 0 aliphatic rings. The number of rotatable bonds is 8. The summed E-state index contributed by atoms with van der Waals surface area (Å²) in [6, 6.07) is -0.198. The molecule has 0 saturated heterocycles. The van der Waals surface area contributed by atoms with E-state index in [0.717, 1.165) is 25.1 Å². The molecule has 0 aliphatic carbocycles. The number of carbonyl (C=O) groups is 1. The summed E-state index contributed by atoms with van der Waals surface area (Å²) >= 11 is 0. The Morgan fingerprint density at radius 1 is 1.33 bits per heavy atom. The number of carbonyl (C=O) groups excluding carboxylic acids is 1. The van der Waals surface area contributed by atoms with E-state index in [-0.39, 0.29) is 18.6 Å². The van der Waals surface area contributed by atoms with Crippen LogP contribution in [0.3, 0.4) is 0 Å². The lowest BCUT2D eigenvalue weighted by atomic mass is 10.0. The third-order valence-corrected chi connectivity index (χ3v) is 3.58. The Bertz CT molecular complexity index is 452. The van der Waals surface area contributed by atoms with Crippen LogP contribution in [0.4, 0.5) is 0 Å². The summed E-state index contributed by atoms with van der Waals surface area (Å²) in [5, 5.41) is 16.5. The highest BCUT2D eigenvalue weighted by atomic mass is 16.3. The van der Waals surface area contributed by atoms with Gasteiger partial charge in [0, 0.05) is 12.2 Å². The zero-order valence-electron chi connectivity index (χ0n) is 13.9. The van der Waals surface area contributed by atoms with Crippen molar-refractivity contribution in [2.45, 2.75) is 60.0 Å². The minimum absolute atomic E-state index is 0.0372. The molecule has 1 aromatic rings. The standard InChI is InChI=1S/C16H29N3O2/c1-11(2)6-7-19-13(5)15(9-17-19)16(21)18-14(10-20)8-12(3)4/h9,11-12,14,20H,6-8,10H2,1-5H3,(H,18,21). The molecule has 2 N–H and O–H groups in total. The van der Waals surface area contributed by atoms with Crippen LogP contribution in [0.5, 0.6) is 0 Å². The first-order chi connectivity index (χ1) is 9.85. The molecular weight excluding hydrogens is 266 g/mol. The van der Waals surface area contributed by atoms with Crippen molar-refractivity contribution in [2.24, 2.45) is 11.8 Å². The molecule has 1 rings (SSSR count). The summed E-state index contributed by atoms with van der Waals surface area (Å²) in [5.41, 5.74) is 1.48. The van der Waals surface area contributed by atoms with Gasteiger partial charge in [0.1, 0.15) is 0 Å². The van der Waals surface area contributed by atoms with E-state index in [4.69, 9.17) is 0 Å². The van der Waals surface area contributed by atoms with E-state index in [9.17, 15) is 9.90 Å². The van der Waals surface area contributed by atoms with Gasteiger partial charge in [-0.25, -0.2) is 0 Å². The molecule has 1 unspecified atom stereocenters. The topological polar surface area (TPSA) is 67.2 Å². The van der Waals surface area contributed by atoms with Gasteiger partial charge >= 0.3 is 0 Å². The van der Waals surface area contributed by atoms with E-state index < -0.39 is 0 Å². The van der Waals surface area contributed by atoms with Crippen molar-refractivity contribution in [1.29, 1.82) is 0 Å². The second kappa shape index (κ2) is 8.17. The number of amides is 1. The second-order valence-corrected chi connectivity index (χ2v) is 6.53. The van der Waals surface area contributed by atoms with Crippen molar-refractivity contribution in [3.05, 3.63) is 17.5 Å². The summed E-state index contributed by atoms with van der Waals surface area (Å²) in [6.07, 6.45) is 3.42. The first kappa shape index (κ1) is 17.7. The number of aliphatic hydroxyl groups excluding tert-OH is 1. The Hall–Kier alpha value is -1.36. The van der Waals surface area contributed by atoms with Gasteiger partial charge < -0.3 is 10.4 Å².